The number of rotatable bonds is 0. The highest BCUT2D eigenvalue weighted by molar-refractivity contribution is 4.61. The molecule has 0 spiro atoms. The maximum absolute atomic E-state index is 4.89. The molecule has 0 saturated carbocycles. The molecule has 3 aliphatic rings. The number of hydrogen-bond acceptors (Lipinski definition) is 8. The third-order valence-corrected chi connectivity index (χ3v) is 2.43. The largest absolute Gasteiger partial charge is 0.218 e. The van der Waals surface area contributed by atoms with E-state index in [0.29, 0.717) is 26.9 Å². The van der Waals surface area contributed by atoms with Crippen molar-refractivity contribution in [2.24, 2.45) is 0 Å². The summed E-state index contributed by atoms with van der Waals surface area (Å²) >= 11 is 0. The maximum Gasteiger partial charge on any atom is 0.149 e. The van der Waals surface area contributed by atoms with Crippen LogP contribution in [0.4, 0.5) is 0 Å². The van der Waals surface area contributed by atoms with E-state index in [0.717, 1.165) is 13.3 Å². The van der Waals surface area contributed by atoms with Crippen molar-refractivity contribution in [3.8, 4) is 0 Å². The van der Waals surface area contributed by atoms with Crippen LogP contribution in [0.1, 0.15) is 0 Å². The third kappa shape index (κ3) is 1.51. The third-order valence-electron chi connectivity index (χ3n) is 2.43. The van der Waals surface area contributed by atoms with Crippen molar-refractivity contribution in [1.82, 2.24) is 20.0 Å². The second-order valence-corrected chi connectivity index (χ2v) is 3.30. The number of hydrogen-bond donors (Lipinski definition) is 0. The van der Waals surface area contributed by atoms with Gasteiger partial charge in [-0.1, -0.05) is 0 Å². The fraction of sp³-hybridized carbons (Fsp3) is 1.00. The zero-order chi connectivity index (χ0) is 9.38. The Kier molecular flexibility index (Phi) is 2.35. The van der Waals surface area contributed by atoms with Crippen molar-refractivity contribution in [3.05, 3.63) is 0 Å². The zero-order valence-corrected chi connectivity index (χ0v) is 7.66. The molecule has 0 radical (unpaired) electrons. The molecule has 3 aliphatic heterocycles. The summed E-state index contributed by atoms with van der Waals surface area (Å²) in [5, 5.41) is 8.20. The highest BCUT2D eigenvalue weighted by Gasteiger charge is 2.35. The molecule has 80 valence electrons. The average Bonchev–Trinajstić information content (AvgIpc) is 2.26. The Morgan fingerprint density at radius 2 is 0.786 bits per heavy atom. The predicted octanol–water partition coefficient (Wildman–Crippen LogP) is -1.29. The van der Waals surface area contributed by atoms with Crippen molar-refractivity contribution in [2.45, 2.75) is 0 Å². The van der Waals surface area contributed by atoms with E-state index in [1.165, 1.54) is 0 Å². The number of hydrazine groups is 2. The number of fused-ring (bicyclic) bond motifs is 2. The Morgan fingerprint density at radius 1 is 0.500 bits per heavy atom. The molecule has 0 aromatic rings. The molecule has 0 aliphatic carbocycles. The first-order valence-corrected chi connectivity index (χ1v) is 4.42. The summed E-state index contributed by atoms with van der Waals surface area (Å²) in [6, 6.07) is 0. The maximum atomic E-state index is 4.89. The van der Waals surface area contributed by atoms with Gasteiger partial charge < -0.3 is 0 Å². The van der Waals surface area contributed by atoms with Crippen LogP contribution in [0, 0.1) is 0 Å². The van der Waals surface area contributed by atoms with Gasteiger partial charge >= 0.3 is 0 Å². The molecule has 0 unspecified atom stereocenters. The fourth-order valence-electron chi connectivity index (χ4n) is 1.62. The molecule has 8 heteroatoms. The molecule has 0 aromatic heterocycles. The summed E-state index contributed by atoms with van der Waals surface area (Å²) < 4.78 is 0. The van der Waals surface area contributed by atoms with Gasteiger partial charge in [-0.2, -0.15) is 20.0 Å². The lowest BCUT2D eigenvalue weighted by Gasteiger charge is -2.50. The van der Waals surface area contributed by atoms with Gasteiger partial charge in [0.05, 0.1) is 13.3 Å². The van der Waals surface area contributed by atoms with Gasteiger partial charge in [0, 0.05) is 0 Å². The minimum atomic E-state index is 0.450. The van der Waals surface area contributed by atoms with E-state index >= 15 is 0 Å². The van der Waals surface area contributed by atoms with Gasteiger partial charge in [0.15, 0.2) is 0 Å². The minimum Gasteiger partial charge on any atom is -0.218 e. The van der Waals surface area contributed by atoms with E-state index in [1.807, 2.05) is 0 Å². The normalized spacial score (nSPS) is 32.6. The summed E-state index contributed by atoms with van der Waals surface area (Å²) in [5.41, 5.74) is 0. The zero-order valence-electron chi connectivity index (χ0n) is 7.66. The molecule has 8 nitrogen and oxygen atoms in total. The van der Waals surface area contributed by atoms with Crippen molar-refractivity contribution in [2.75, 3.05) is 40.3 Å². The van der Waals surface area contributed by atoms with Gasteiger partial charge in [0.2, 0.25) is 0 Å². The van der Waals surface area contributed by atoms with Crippen molar-refractivity contribution >= 4 is 0 Å². The lowest BCUT2D eigenvalue weighted by molar-refractivity contribution is -0.474. The van der Waals surface area contributed by atoms with Gasteiger partial charge in [0.25, 0.3) is 0 Å². The molecule has 0 amide bonds. The van der Waals surface area contributed by atoms with E-state index in [1.54, 1.807) is 0 Å². The summed E-state index contributed by atoms with van der Waals surface area (Å²) in [7, 11) is 0. The topological polar surface area (TPSA) is 49.9 Å². The molecule has 3 saturated heterocycles. The first-order valence-electron chi connectivity index (χ1n) is 4.42. The van der Waals surface area contributed by atoms with Crippen LogP contribution in [-0.4, -0.2) is 60.3 Å². The highest BCUT2D eigenvalue weighted by Crippen LogP contribution is 2.18. The van der Waals surface area contributed by atoms with Crippen molar-refractivity contribution < 1.29 is 19.6 Å². The Labute approximate surface area is 80.8 Å². The van der Waals surface area contributed by atoms with Crippen molar-refractivity contribution in [3.63, 3.8) is 0 Å². The molecule has 0 aromatic carbocycles. The van der Waals surface area contributed by atoms with Crippen LogP contribution in [0.15, 0.2) is 0 Å². The smallest absolute Gasteiger partial charge is 0.149 e. The monoisotopic (exact) mass is 204 g/mol. The molecule has 0 bridgehead atoms. The fourth-order valence-corrected chi connectivity index (χ4v) is 1.62. The van der Waals surface area contributed by atoms with Crippen molar-refractivity contribution in [1.29, 1.82) is 0 Å². The van der Waals surface area contributed by atoms with Gasteiger partial charge in [0.1, 0.15) is 26.9 Å². The SMILES string of the molecule is C1OOCN2CN3COOCN3CN12. The van der Waals surface area contributed by atoms with Gasteiger partial charge in [-0.3, -0.25) is 0 Å². The Morgan fingerprint density at radius 3 is 1.07 bits per heavy atom. The van der Waals surface area contributed by atoms with Gasteiger partial charge in [-0.15, -0.1) is 0 Å². The summed E-state index contributed by atoms with van der Waals surface area (Å²) in [6.45, 7) is 3.26. The van der Waals surface area contributed by atoms with Crippen LogP contribution < -0.4 is 0 Å². The van der Waals surface area contributed by atoms with Crippen LogP contribution >= 0.6 is 0 Å². The molecule has 0 atom stereocenters. The Balaban J connectivity index is 1.68. The van der Waals surface area contributed by atoms with Crippen LogP contribution in [0.5, 0.6) is 0 Å². The van der Waals surface area contributed by atoms with E-state index in [9.17, 15) is 0 Å². The Bertz CT molecular complexity index is 176. The second-order valence-electron chi connectivity index (χ2n) is 3.30. The van der Waals surface area contributed by atoms with Crippen LogP contribution in [0.2, 0.25) is 0 Å². The van der Waals surface area contributed by atoms with Crippen LogP contribution in [0.3, 0.4) is 0 Å². The number of nitrogens with zero attached hydrogens (tertiary/aromatic N) is 4. The molecular formula is C6H12N4O4. The van der Waals surface area contributed by atoms with Gasteiger partial charge in [-0.05, 0) is 0 Å². The first kappa shape index (κ1) is 8.95. The minimum absolute atomic E-state index is 0.450. The molecule has 3 fully saturated rings. The second kappa shape index (κ2) is 3.68. The molecule has 3 heterocycles. The summed E-state index contributed by atoms with van der Waals surface area (Å²) in [4.78, 5) is 19.5. The van der Waals surface area contributed by atoms with E-state index in [4.69, 9.17) is 19.6 Å². The van der Waals surface area contributed by atoms with Crippen LogP contribution in [-0.2, 0) is 19.6 Å². The van der Waals surface area contributed by atoms with E-state index < -0.39 is 0 Å². The molecule has 14 heavy (non-hydrogen) atoms. The Hall–Kier alpha value is -0.320. The van der Waals surface area contributed by atoms with E-state index in [-0.39, 0.29) is 0 Å². The first-order chi connectivity index (χ1) is 6.93. The predicted molar refractivity (Wildman–Crippen MR) is 40.9 cm³/mol. The average molecular weight is 204 g/mol. The summed E-state index contributed by atoms with van der Waals surface area (Å²) in [5.74, 6) is 0. The lowest BCUT2D eigenvalue weighted by atomic mass is 10.7. The van der Waals surface area contributed by atoms with Gasteiger partial charge in [-0.25, -0.2) is 19.6 Å². The highest BCUT2D eigenvalue weighted by atomic mass is 17.2. The molecule has 3 rings (SSSR count). The molecular weight excluding hydrogens is 192 g/mol. The quantitative estimate of drug-likeness (QED) is 0.452. The lowest BCUT2D eigenvalue weighted by Crippen LogP contribution is -2.67. The van der Waals surface area contributed by atoms with Crippen LogP contribution in [0.25, 0.3) is 0 Å². The summed E-state index contributed by atoms with van der Waals surface area (Å²) in [6.07, 6.45) is 0. The standard InChI is InChI=1S/C6H12N4O4/c1-7-3-11-13-5-9(7)2-10-6-14-12-4-8(1)10/h1-6H2. The molecule has 0 N–H and O–H groups in total. The van der Waals surface area contributed by atoms with E-state index in [2.05, 4.69) is 20.0 Å².